The number of methoxy groups -OCH3 is 1. The van der Waals surface area contributed by atoms with Crippen LogP contribution in [0, 0.1) is 5.82 Å². The zero-order valence-electron chi connectivity index (χ0n) is 13.3. The van der Waals surface area contributed by atoms with E-state index in [0.717, 1.165) is 12.0 Å². The average Bonchev–Trinajstić information content (AvgIpc) is 2.59. The van der Waals surface area contributed by atoms with Gasteiger partial charge in [-0.15, -0.1) is 0 Å². The molecule has 0 saturated carbocycles. The summed E-state index contributed by atoms with van der Waals surface area (Å²) in [5.74, 6) is 0.867. The molecule has 0 heterocycles. The van der Waals surface area contributed by atoms with Gasteiger partial charge < -0.3 is 14.7 Å². The molecule has 23 heavy (non-hydrogen) atoms. The summed E-state index contributed by atoms with van der Waals surface area (Å²) < 4.78 is 24.6. The van der Waals surface area contributed by atoms with E-state index in [1.807, 2.05) is 12.1 Å². The maximum Gasteiger partial charge on any atom is 0.161 e. The highest BCUT2D eigenvalue weighted by molar-refractivity contribution is 5.81. The van der Waals surface area contributed by atoms with Crippen molar-refractivity contribution in [1.29, 1.82) is 0 Å². The van der Waals surface area contributed by atoms with Crippen LogP contribution in [-0.4, -0.2) is 18.0 Å². The fourth-order valence-corrected chi connectivity index (χ4v) is 2.13. The number of hydrogen-bond donors (Lipinski definition) is 1. The van der Waals surface area contributed by atoms with Crippen LogP contribution < -0.4 is 9.47 Å². The van der Waals surface area contributed by atoms with E-state index < -0.39 is 0 Å². The van der Waals surface area contributed by atoms with E-state index in [-0.39, 0.29) is 12.4 Å². The molecule has 0 unspecified atom stereocenters. The Morgan fingerprint density at radius 2 is 1.96 bits per heavy atom. The third-order valence-corrected chi connectivity index (χ3v) is 3.52. The van der Waals surface area contributed by atoms with Gasteiger partial charge in [0, 0.05) is 5.56 Å². The van der Waals surface area contributed by atoms with Gasteiger partial charge in [0.1, 0.15) is 12.4 Å². The molecule has 0 bridgehead atoms. The van der Waals surface area contributed by atoms with Crippen molar-refractivity contribution in [3.63, 3.8) is 0 Å². The van der Waals surface area contributed by atoms with Crippen LogP contribution in [0.1, 0.15) is 24.5 Å². The van der Waals surface area contributed by atoms with E-state index in [2.05, 4.69) is 5.16 Å². The van der Waals surface area contributed by atoms with Gasteiger partial charge in [-0.05, 0) is 43.5 Å². The molecule has 0 atom stereocenters. The Morgan fingerprint density at radius 1 is 1.17 bits per heavy atom. The van der Waals surface area contributed by atoms with E-state index in [9.17, 15) is 4.39 Å². The third-order valence-electron chi connectivity index (χ3n) is 3.52. The van der Waals surface area contributed by atoms with Crippen LogP contribution in [0.3, 0.4) is 0 Å². The maximum atomic E-state index is 13.6. The fraction of sp³-hybridized carbons (Fsp3) is 0.278. The van der Waals surface area contributed by atoms with Gasteiger partial charge in [0.05, 0.1) is 12.8 Å². The molecule has 2 aromatic rings. The second-order valence-corrected chi connectivity index (χ2v) is 5.20. The lowest BCUT2D eigenvalue weighted by Crippen LogP contribution is -2.01. The molecule has 0 aliphatic carbocycles. The molecule has 0 aromatic heterocycles. The third kappa shape index (κ3) is 4.71. The second kappa shape index (κ2) is 8.17. The van der Waals surface area contributed by atoms with Crippen LogP contribution in [0.25, 0.3) is 0 Å². The van der Waals surface area contributed by atoms with Crippen molar-refractivity contribution < 1.29 is 19.1 Å². The van der Waals surface area contributed by atoms with Gasteiger partial charge in [0.2, 0.25) is 0 Å². The SMILES string of the molecule is COc1cc(CC/C(C)=N/O)ccc1OCc1ccccc1F. The molecule has 0 spiro atoms. The van der Waals surface area contributed by atoms with Gasteiger partial charge in [-0.1, -0.05) is 29.4 Å². The van der Waals surface area contributed by atoms with Gasteiger partial charge in [0.25, 0.3) is 0 Å². The highest BCUT2D eigenvalue weighted by Gasteiger charge is 2.08. The lowest BCUT2D eigenvalue weighted by Gasteiger charge is -2.12. The first-order chi connectivity index (χ1) is 11.1. The Hall–Kier alpha value is -2.56. The number of hydrogen-bond acceptors (Lipinski definition) is 4. The summed E-state index contributed by atoms with van der Waals surface area (Å²) in [7, 11) is 1.56. The molecule has 0 aliphatic heterocycles. The Morgan fingerprint density at radius 3 is 2.65 bits per heavy atom. The standard InChI is InChI=1S/C18H20FNO3/c1-13(20-21)7-8-14-9-10-17(18(11-14)22-2)23-12-15-5-3-4-6-16(15)19/h3-6,9-11,21H,7-8,12H2,1-2H3/b20-13+. The first-order valence-electron chi connectivity index (χ1n) is 7.34. The number of ether oxygens (including phenoxy) is 2. The Kier molecular flexibility index (Phi) is 5.97. The largest absolute Gasteiger partial charge is 0.493 e. The molecule has 0 radical (unpaired) electrons. The molecule has 122 valence electrons. The average molecular weight is 317 g/mol. The molecule has 5 heteroatoms. The lowest BCUT2D eigenvalue weighted by atomic mass is 10.1. The first kappa shape index (κ1) is 16.8. The van der Waals surface area contributed by atoms with Crippen LogP contribution in [-0.2, 0) is 13.0 Å². The molecule has 4 nitrogen and oxygen atoms in total. The summed E-state index contributed by atoms with van der Waals surface area (Å²) >= 11 is 0. The van der Waals surface area contributed by atoms with Gasteiger partial charge in [-0.25, -0.2) is 4.39 Å². The van der Waals surface area contributed by atoms with Crippen molar-refractivity contribution in [1.82, 2.24) is 0 Å². The molecule has 2 aromatic carbocycles. The minimum Gasteiger partial charge on any atom is -0.493 e. The van der Waals surface area contributed by atoms with Gasteiger partial charge >= 0.3 is 0 Å². The molecule has 1 N–H and O–H groups in total. The summed E-state index contributed by atoms with van der Waals surface area (Å²) in [6.45, 7) is 1.90. The molecule has 0 aliphatic rings. The summed E-state index contributed by atoms with van der Waals surface area (Å²) in [6.07, 6.45) is 1.40. The first-order valence-corrected chi connectivity index (χ1v) is 7.34. The minimum absolute atomic E-state index is 0.138. The number of oxime groups is 1. The van der Waals surface area contributed by atoms with Crippen molar-refractivity contribution in [2.24, 2.45) is 5.16 Å². The van der Waals surface area contributed by atoms with Crippen LogP contribution in [0.2, 0.25) is 0 Å². The summed E-state index contributed by atoms with van der Waals surface area (Å²) in [6, 6.07) is 12.1. The van der Waals surface area contributed by atoms with Crippen LogP contribution in [0.5, 0.6) is 11.5 Å². The fourth-order valence-electron chi connectivity index (χ4n) is 2.13. The van der Waals surface area contributed by atoms with Crippen LogP contribution in [0.4, 0.5) is 4.39 Å². The molecule has 0 saturated heterocycles. The quantitative estimate of drug-likeness (QED) is 0.473. The molecular weight excluding hydrogens is 297 g/mol. The monoisotopic (exact) mass is 317 g/mol. The maximum absolute atomic E-state index is 13.6. The number of aryl methyl sites for hydroxylation is 1. The highest BCUT2D eigenvalue weighted by atomic mass is 19.1. The minimum atomic E-state index is -0.290. The lowest BCUT2D eigenvalue weighted by molar-refractivity contribution is 0.279. The van der Waals surface area contributed by atoms with Gasteiger partial charge in [-0.3, -0.25) is 0 Å². The topological polar surface area (TPSA) is 51.0 Å². The predicted molar refractivity (Wildman–Crippen MR) is 86.9 cm³/mol. The Bertz CT molecular complexity index is 686. The summed E-state index contributed by atoms with van der Waals surface area (Å²) in [4.78, 5) is 0. The molecular formula is C18H20FNO3. The van der Waals surface area contributed by atoms with Crippen molar-refractivity contribution in [3.8, 4) is 11.5 Å². The predicted octanol–water partition coefficient (Wildman–Crippen LogP) is 4.20. The molecule has 0 amide bonds. The summed E-state index contributed by atoms with van der Waals surface area (Å²) in [5.41, 5.74) is 2.21. The number of nitrogens with zero attached hydrogens (tertiary/aromatic N) is 1. The Labute approximate surface area is 135 Å². The zero-order valence-corrected chi connectivity index (χ0v) is 13.3. The van der Waals surface area contributed by atoms with E-state index in [1.165, 1.54) is 6.07 Å². The van der Waals surface area contributed by atoms with E-state index in [4.69, 9.17) is 14.7 Å². The van der Waals surface area contributed by atoms with Crippen molar-refractivity contribution in [2.75, 3.05) is 7.11 Å². The number of rotatable bonds is 7. The normalized spacial score (nSPS) is 11.3. The number of halogens is 1. The Balaban J connectivity index is 2.06. The molecule has 2 rings (SSSR count). The van der Waals surface area contributed by atoms with Crippen LogP contribution in [0.15, 0.2) is 47.6 Å². The van der Waals surface area contributed by atoms with Crippen molar-refractivity contribution in [3.05, 3.63) is 59.4 Å². The zero-order chi connectivity index (χ0) is 16.7. The van der Waals surface area contributed by atoms with Gasteiger partial charge in [0.15, 0.2) is 11.5 Å². The molecule has 0 fully saturated rings. The smallest absolute Gasteiger partial charge is 0.161 e. The van der Waals surface area contributed by atoms with Crippen molar-refractivity contribution >= 4 is 5.71 Å². The van der Waals surface area contributed by atoms with Gasteiger partial charge in [-0.2, -0.15) is 0 Å². The summed E-state index contributed by atoms with van der Waals surface area (Å²) in [5, 5.41) is 11.8. The van der Waals surface area contributed by atoms with E-state index in [0.29, 0.717) is 29.2 Å². The van der Waals surface area contributed by atoms with Crippen LogP contribution >= 0.6 is 0 Å². The highest BCUT2D eigenvalue weighted by Crippen LogP contribution is 2.29. The second-order valence-electron chi connectivity index (χ2n) is 5.20. The van der Waals surface area contributed by atoms with Crippen molar-refractivity contribution in [2.45, 2.75) is 26.4 Å². The number of benzene rings is 2. The van der Waals surface area contributed by atoms with E-state index >= 15 is 0 Å². The van der Waals surface area contributed by atoms with E-state index in [1.54, 1.807) is 38.3 Å².